The van der Waals surface area contributed by atoms with Crippen LogP contribution in [0.4, 0.5) is 5.69 Å². The van der Waals surface area contributed by atoms with Gasteiger partial charge in [0.05, 0.1) is 25.4 Å². The number of carbonyl (C=O) groups is 2. The molecular weight excluding hydrogens is 642 g/mol. The fraction of sp³-hybridized carbons (Fsp3) is 0.659. The van der Waals surface area contributed by atoms with E-state index in [4.69, 9.17) is 4.74 Å². The molecule has 9 atom stereocenters. The molecule has 4 N–H and O–H groups in total. The zero-order chi connectivity index (χ0) is 36.8. The fourth-order valence-electron chi connectivity index (χ4n) is 10.0. The molecule has 0 spiro atoms. The molecule has 2 bridgehead atoms. The minimum Gasteiger partial charge on any atom is -0.496 e. The highest BCUT2D eigenvalue weighted by atomic mass is 16.5. The maximum Gasteiger partial charge on any atom is 0.251 e. The Hall–Kier alpha value is -3.18. The number of methoxy groups -OCH3 is 1. The molecule has 51 heavy (non-hydrogen) atoms. The van der Waals surface area contributed by atoms with Crippen molar-refractivity contribution in [3.8, 4) is 16.9 Å². The number of aliphatic hydroxyl groups is 2. The maximum absolute atomic E-state index is 14.2. The Morgan fingerprint density at radius 2 is 1.90 bits per heavy atom. The summed E-state index contributed by atoms with van der Waals surface area (Å²) in [4.78, 5) is 34.2. The zero-order valence-corrected chi connectivity index (χ0v) is 32.0. The van der Waals surface area contributed by atoms with Crippen LogP contribution in [0.15, 0.2) is 36.4 Å². The summed E-state index contributed by atoms with van der Waals surface area (Å²) >= 11 is 0. The van der Waals surface area contributed by atoms with Crippen LogP contribution in [0.5, 0.6) is 5.75 Å². The number of nitrogens with zero attached hydrogens (tertiary/aromatic N) is 3. The lowest BCUT2D eigenvalue weighted by atomic mass is 9.45. The van der Waals surface area contributed by atoms with Crippen molar-refractivity contribution < 1.29 is 24.5 Å². The number of para-hydroxylation sites is 1. The van der Waals surface area contributed by atoms with Crippen molar-refractivity contribution in [2.75, 3.05) is 52.3 Å². The molecule has 3 saturated carbocycles. The van der Waals surface area contributed by atoms with E-state index >= 15 is 0 Å². The number of aliphatic hydroxyl groups excluding tert-OH is 2. The second-order valence-corrected chi connectivity index (χ2v) is 16.6. The Bertz CT molecular complexity index is 1580. The largest absolute Gasteiger partial charge is 0.496 e. The van der Waals surface area contributed by atoms with Crippen LogP contribution in [0, 0.1) is 29.1 Å². The van der Waals surface area contributed by atoms with Crippen molar-refractivity contribution in [2.45, 2.75) is 97.2 Å². The minimum absolute atomic E-state index is 0.0838. The zero-order valence-electron chi connectivity index (χ0n) is 32.0. The molecule has 2 amide bonds. The van der Waals surface area contributed by atoms with Crippen LogP contribution in [-0.4, -0.2) is 110 Å². The van der Waals surface area contributed by atoms with Gasteiger partial charge in [0, 0.05) is 74.1 Å². The van der Waals surface area contributed by atoms with Gasteiger partial charge in [0.25, 0.3) is 5.91 Å². The summed E-state index contributed by atoms with van der Waals surface area (Å²) in [5.41, 5.74) is 4.35. The van der Waals surface area contributed by atoms with E-state index in [0.717, 1.165) is 54.7 Å². The van der Waals surface area contributed by atoms with E-state index in [1.54, 1.807) is 14.0 Å². The van der Waals surface area contributed by atoms with Gasteiger partial charge in [0.2, 0.25) is 5.91 Å². The molecule has 10 nitrogen and oxygen atoms in total. The molecule has 0 aromatic heterocycles. The molecule has 2 aliphatic heterocycles. The van der Waals surface area contributed by atoms with Crippen LogP contribution in [0.25, 0.3) is 11.1 Å². The molecule has 5 fully saturated rings. The maximum atomic E-state index is 14.2. The van der Waals surface area contributed by atoms with E-state index in [9.17, 15) is 19.8 Å². The smallest absolute Gasteiger partial charge is 0.251 e. The van der Waals surface area contributed by atoms with Gasteiger partial charge in [-0.3, -0.25) is 19.4 Å². The third-order valence-electron chi connectivity index (χ3n) is 13.2. The van der Waals surface area contributed by atoms with Crippen LogP contribution in [-0.2, 0) is 11.3 Å². The summed E-state index contributed by atoms with van der Waals surface area (Å²) in [5, 5.41) is 28.6. The summed E-state index contributed by atoms with van der Waals surface area (Å²) in [6, 6.07) is 11.6. The van der Waals surface area contributed by atoms with E-state index in [-0.39, 0.29) is 24.4 Å². The number of anilines is 1. The summed E-state index contributed by atoms with van der Waals surface area (Å²) in [6.45, 7) is 14.1. The van der Waals surface area contributed by atoms with E-state index < -0.39 is 24.2 Å². The Morgan fingerprint density at radius 1 is 1.14 bits per heavy atom. The number of benzene rings is 2. The van der Waals surface area contributed by atoms with Crippen molar-refractivity contribution in [1.29, 1.82) is 0 Å². The molecule has 2 saturated heterocycles. The number of ether oxygens (including phenoxy) is 1. The molecule has 280 valence electrons. The topological polar surface area (TPSA) is 118 Å². The first kappa shape index (κ1) is 37.6. The molecule has 5 aliphatic rings. The first-order valence-corrected chi connectivity index (χ1v) is 19.2. The number of likely N-dealkylation sites (tertiary alicyclic amines) is 2. The number of amides is 2. The number of hydrogen-bond acceptors (Lipinski definition) is 8. The third-order valence-corrected chi connectivity index (χ3v) is 13.2. The Kier molecular flexibility index (Phi) is 11.1. The van der Waals surface area contributed by atoms with Crippen molar-refractivity contribution in [3.63, 3.8) is 0 Å². The lowest BCUT2D eigenvalue weighted by Crippen LogP contribution is -2.62. The number of nitrogens with one attached hydrogen (secondary N) is 2. The number of rotatable bonds is 12. The van der Waals surface area contributed by atoms with Crippen molar-refractivity contribution in [2.24, 2.45) is 29.1 Å². The summed E-state index contributed by atoms with van der Waals surface area (Å²) in [6.07, 6.45) is 2.73. The van der Waals surface area contributed by atoms with Crippen molar-refractivity contribution in [3.05, 3.63) is 47.5 Å². The monoisotopic (exact) mass is 703 g/mol. The molecule has 2 aromatic carbocycles. The van der Waals surface area contributed by atoms with Gasteiger partial charge in [-0.25, -0.2) is 0 Å². The van der Waals surface area contributed by atoms with Crippen LogP contribution >= 0.6 is 0 Å². The third kappa shape index (κ3) is 7.26. The molecule has 2 heterocycles. The SMILES string of the molecule is CCN1CCC[C@@H]1CNC(=O)c1cc(-c2cccc(CN3C[C@H](O)C([C@H](C)O)[C@H]3C(=O)NC3C[C@H]4C[C@@H]([C@@H]3C)C4(C)C)c2OC)cc(N(C)C)c1. The lowest BCUT2D eigenvalue weighted by molar-refractivity contribution is -0.139. The average Bonchev–Trinajstić information content (AvgIpc) is 3.70. The van der Waals surface area contributed by atoms with Crippen LogP contribution in [0.3, 0.4) is 0 Å². The fourth-order valence-corrected chi connectivity index (χ4v) is 10.0. The number of likely N-dealkylation sites (N-methyl/N-ethyl adjacent to an activating group) is 1. The molecular formula is C41H61N5O5. The second-order valence-electron chi connectivity index (χ2n) is 16.6. The van der Waals surface area contributed by atoms with Gasteiger partial charge in [0.15, 0.2) is 0 Å². The lowest BCUT2D eigenvalue weighted by Gasteiger charge is -2.62. The van der Waals surface area contributed by atoms with E-state index in [1.165, 1.54) is 6.42 Å². The van der Waals surface area contributed by atoms with E-state index in [0.29, 0.717) is 53.6 Å². The van der Waals surface area contributed by atoms with Gasteiger partial charge in [0.1, 0.15) is 5.75 Å². The highest BCUT2D eigenvalue weighted by Gasteiger charge is 2.57. The number of β-amino-alcohol motifs (C(OH)–C–C–N with tert-alkyl or cyclic N) is 1. The minimum atomic E-state index is -0.859. The molecule has 7 rings (SSSR count). The molecule has 10 heteroatoms. The van der Waals surface area contributed by atoms with Gasteiger partial charge in [-0.1, -0.05) is 45.9 Å². The number of carbonyl (C=O) groups excluding carboxylic acids is 2. The Morgan fingerprint density at radius 3 is 2.55 bits per heavy atom. The number of hydrogen-bond donors (Lipinski definition) is 4. The van der Waals surface area contributed by atoms with Crippen molar-refractivity contribution in [1.82, 2.24) is 20.4 Å². The van der Waals surface area contributed by atoms with Crippen LogP contribution in [0.1, 0.15) is 76.2 Å². The average molecular weight is 704 g/mol. The van der Waals surface area contributed by atoms with Crippen molar-refractivity contribution >= 4 is 17.5 Å². The number of fused-ring (bicyclic) bond motifs is 2. The highest BCUT2D eigenvalue weighted by Crippen LogP contribution is 2.61. The summed E-state index contributed by atoms with van der Waals surface area (Å²) in [5.74, 6) is 1.37. The molecule has 0 radical (unpaired) electrons. The molecule has 2 unspecified atom stereocenters. The van der Waals surface area contributed by atoms with Gasteiger partial charge >= 0.3 is 0 Å². The van der Waals surface area contributed by atoms with E-state index in [1.807, 2.05) is 54.2 Å². The predicted octanol–water partition coefficient (Wildman–Crippen LogP) is 4.37. The van der Waals surface area contributed by atoms with Crippen LogP contribution < -0.4 is 20.3 Å². The van der Waals surface area contributed by atoms with Gasteiger partial charge < -0.3 is 30.5 Å². The van der Waals surface area contributed by atoms with Crippen LogP contribution in [0.2, 0.25) is 0 Å². The standard InChI is InChI=1S/C41H61N5O5/c1-9-45-15-11-13-30(45)21-42-39(49)28-16-27(17-31(18-28)44(6)7)32-14-10-12-26(38(32)51-8)22-46-23-35(48)36(25(3)47)37(46)40(50)43-34-20-29-19-33(24(34)2)41(29,4)5/h10,12,14,16-18,24-25,29-30,33-37,47-48H,9,11,13,15,19-23H2,1-8H3,(H,42,49)(H,43,50)/t24-,25-,29+,30+,33-,34?,35-,36?,37-/m0/s1. The molecule has 3 aliphatic carbocycles. The van der Waals surface area contributed by atoms with Gasteiger partial charge in [-0.2, -0.15) is 0 Å². The normalized spacial score (nSPS) is 30.8. The molecule has 2 aromatic rings. The van der Waals surface area contributed by atoms with Gasteiger partial charge in [-0.05, 0) is 92.6 Å². The Labute approximate surface area is 304 Å². The first-order chi connectivity index (χ1) is 24.2. The summed E-state index contributed by atoms with van der Waals surface area (Å²) in [7, 11) is 5.57. The predicted molar refractivity (Wildman–Crippen MR) is 202 cm³/mol. The summed E-state index contributed by atoms with van der Waals surface area (Å²) < 4.78 is 6.09. The highest BCUT2D eigenvalue weighted by molar-refractivity contribution is 5.97. The first-order valence-electron chi connectivity index (χ1n) is 19.2. The Balaban J connectivity index is 1.25. The second kappa shape index (κ2) is 15.0. The quantitative estimate of drug-likeness (QED) is 0.258. The van der Waals surface area contributed by atoms with E-state index in [2.05, 4.69) is 49.3 Å². The van der Waals surface area contributed by atoms with Gasteiger partial charge in [-0.15, -0.1) is 0 Å².